The Kier molecular flexibility index (Phi) is 7.41. The number of phenolic OH excluding ortho intramolecular Hbond substituents is 1. The fourth-order valence-corrected chi connectivity index (χ4v) is 4.13. The molecule has 4 rings (SSSR count). The highest BCUT2D eigenvalue weighted by molar-refractivity contribution is 6.31. The lowest BCUT2D eigenvalue weighted by Gasteiger charge is -2.17. The van der Waals surface area contributed by atoms with Crippen LogP contribution in [-0.2, 0) is 11.2 Å². The Labute approximate surface area is 204 Å². The van der Waals surface area contributed by atoms with E-state index in [0.29, 0.717) is 17.2 Å². The fraction of sp³-hybridized carbons (Fsp3) is 0.103. The van der Waals surface area contributed by atoms with Crippen molar-refractivity contribution < 1.29 is 9.90 Å². The number of aldehydes is 1. The lowest BCUT2D eigenvalue weighted by atomic mass is 9.95. The van der Waals surface area contributed by atoms with Gasteiger partial charge < -0.3 is 15.2 Å². The minimum atomic E-state index is -0.614. The monoisotopic (exact) mass is 468 g/mol. The summed E-state index contributed by atoms with van der Waals surface area (Å²) in [6.07, 6.45) is 1.33. The van der Waals surface area contributed by atoms with E-state index in [4.69, 9.17) is 16.6 Å². The van der Waals surface area contributed by atoms with Gasteiger partial charge in [0.15, 0.2) is 0 Å². The number of aromatic hydroxyl groups is 1. The molecule has 0 amide bonds. The normalized spacial score (nSPS) is 12.2. The molecule has 4 nitrogen and oxygen atoms in total. The van der Waals surface area contributed by atoms with E-state index >= 15 is 0 Å². The maximum absolute atomic E-state index is 12.2. The molecule has 2 N–H and O–H groups in total. The quantitative estimate of drug-likeness (QED) is 0.232. The minimum absolute atomic E-state index is 0.159. The molecule has 5 heteroatoms. The zero-order valence-electron chi connectivity index (χ0n) is 18.8. The molecule has 0 heterocycles. The third kappa shape index (κ3) is 5.36. The summed E-state index contributed by atoms with van der Waals surface area (Å²) >= 11 is 6.33. The van der Waals surface area contributed by atoms with Crippen LogP contribution in [0.15, 0.2) is 102 Å². The van der Waals surface area contributed by atoms with E-state index < -0.39 is 6.04 Å². The van der Waals surface area contributed by atoms with E-state index in [1.165, 1.54) is 0 Å². The van der Waals surface area contributed by atoms with Crippen molar-refractivity contribution >= 4 is 29.3 Å². The van der Waals surface area contributed by atoms with E-state index in [1.807, 2.05) is 55.6 Å². The number of carbonyl (C=O) groups excluding carboxylic acids is 1. The van der Waals surface area contributed by atoms with Crippen LogP contribution in [0.5, 0.6) is 5.75 Å². The number of benzene rings is 4. The van der Waals surface area contributed by atoms with Gasteiger partial charge in [0, 0.05) is 35.3 Å². The summed E-state index contributed by atoms with van der Waals surface area (Å²) in [6, 6.07) is 29.9. The van der Waals surface area contributed by atoms with Crippen molar-refractivity contribution in [2.45, 2.75) is 12.5 Å². The molecular weight excluding hydrogens is 444 g/mol. The predicted molar refractivity (Wildman–Crippen MR) is 140 cm³/mol. The molecule has 0 fully saturated rings. The van der Waals surface area contributed by atoms with Gasteiger partial charge in [0.1, 0.15) is 18.1 Å². The van der Waals surface area contributed by atoms with Gasteiger partial charge >= 0.3 is 0 Å². The summed E-state index contributed by atoms with van der Waals surface area (Å²) in [5.74, 6) is 0.159. The third-order valence-electron chi connectivity index (χ3n) is 5.63. The van der Waals surface area contributed by atoms with Gasteiger partial charge in [0.05, 0.1) is 5.71 Å². The van der Waals surface area contributed by atoms with Crippen LogP contribution in [0.25, 0.3) is 11.1 Å². The lowest BCUT2D eigenvalue weighted by Crippen LogP contribution is -2.17. The Morgan fingerprint density at radius 1 is 0.971 bits per heavy atom. The topological polar surface area (TPSA) is 61.7 Å². The lowest BCUT2D eigenvalue weighted by molar-refractivity contribution is -0.108. The summed E-state index contributed by atoms with van der Waals surface area (Å²) in [5.41, 5.74) is 6.24. The molecule has 1 atom stereocenters. The van der Waals surface area contributed by atoms with Crippen LogP contribution in [-0.4, -0.2) is 30.2 Å². The number of anilines is 1. The molecule has 170 valence electrons. The second kappa shape index (κ2) is 10.8. The van der Waals surface area contributed by atoms with E-state index in [-0.39, 0.29) is 5.75 Å². The molecule has 0 saturated heterocycles. The summed E-state index contributed by atoms with van der Waals surface area (Å²) in [5, 5.41) is 13.5. The molecule has 0 aliphatic heterocycles. The van der Waals surface area contributed by atoms with Gasteiger partial charge in [-0.15, -0.1) is 0 Å². The van der Waals surface area contributed by atoms with Crippen molar-refractivity contribution in [3.05, 3.63) is 119 Å². The molecule has 0 aliphatic carbocycles. The number of nitrogens with one attached hydrogen (secondary N) is 1. The third-order valence-corrected chi connectivity index (χ3v) is 5.87. The van der Waals surface area contributed by atoms with E-state index in [9.17, 15) is 9.90 Å². The SMILES string of the molecule is CNc1ccc(Cl)cc1C(=NC(C=O)Cc1ccccc1-c1ccccc1)c1ccc(O)cc1. The number of rotatable bonds is 8. The van der Waals surface area contributed by atoms with Crippen molar-refractivity contribution in [1.82, 2.24) is 0 Å². The smallest absolute Gasteiger partial charge is 0.144 e. The van der Waals surface area contributed by atoms with Gasteiger partial charge in [0.2, 0.25) is 0 Å². The highest BCUT2D eigenvalue weighted by Crippen LogP contribution is 2.27. The summed E-state index contributed by atoms with van der Waals surface area (Å²) < 4.78 is 0. The number of halogens is 1. The second-order valence-electron chi connectivity index (χ2n) is 7.90. The highest BCUT2D eigenvalue weighted by Gasteiger charge is 2.17. The predicted octanol–water partition coefficient (Wildman–Crippen LogP) is 6.40. The molecule has 4 aromatic carbocycles. The van der Waals surface area contributed by atoms with Crippen molar-refractivity contribution in [2.24, 2.45) is 4.99 Å². The van der Waals surface area contributed by atoms with Crippen LogP contribution in [0.4, 0.5) is 5.69 Å². The van der Waals surface area contributed by atoms with Crippen LogP contribution in [0.1, 0.15) is 16.7 Å². The Balaban J connectivity index is 1.79. The molecule has 0 aromatic heterocycles. The minimum Gasteiger partial charge on any atom is -0.508 e. The van der Waals surface area contributed by atoms with E-state index in [0.717, 1.165) is 39.8 Å². The maximum Gasteiger partial charge on any atom is 0.144 e. The fourth-order valence-electron chi connectivity index (χ4n) is 3.96. The first kappa shape index (κ1) is 23.3. The number of aliphatic imine (C=N–C) groups is 1. The zero-order valence-corrected chi connectivity index (χ0v) is 19.5. The molecule has 0 aliphatic rings. The Morgan fingerprint density at radius 2 is 1.68 bits per heavy atom. The number of hydrogen-bond donors (Lipinski definition) is 2. The van der Waals surface area contributed by atoms with Gasteiger partial charge in [0.25, 0.3) is 0 Å². The second-order valence-corrected chi connectivity index (χ2v) is 8.33. The first-order valence-electron chi connectivity index (χ1n) is 11.0. The summed E-state index contributed by atoms with van der Waals surface area (Å²) in [4.78, 5) is 17.2. The molecule has 0 spiro atoms. The van der Waals surface area contributed by atoms with Gasteiger partial charge in [-0.3, -0.25) is 4.99 Å². The number of hydrogen-bond acceptors (Lipinski definition) is 4. The molecule has 1 unspecified atom stereocenters. The van der Waals surface area contributed by atoms with E-state index in [1.54, 1.807) is 30.3 Å². The van der Waals surface area contributed by atoms with Gasteiger partial charge in [-0.1, -0.05) is 66.2 Å². The Bertz CT molecular complexity index is 1300. The number of carbonyl (C=O) groups is 1. The maximum atomic E-state index is 12.2. The first-order valence-corrected chi connectivity index (χ1v) is 11.4. The number of nitrogens with zero attached hydrogens (tertiary/aromatic N) is 1. The molecule has 0 bridgehead atoms. The highest BCUT2D eigenvalue weighted by atomic mass is 35.5. The van der Waals surface area contributed by atoms with Crippen molar-refractivity contribution in [3.8, 4) is 16.9 Å². The summed E-state index contributed by atoms with van der Waals surface area (Å²) in [6.45, 7) is 0. The zero-order chi connectivity index (χ0) is 23.9. The van der Waals surface area contributed by atoms with Gasteiger partial charge in [-0.25, -0.2) is 0 Å². The van der Waals surface area contributed by atoms with Gasteiger partial charge in [-0.2, -0.15) is 0 Å². The van der Waals surface area contributed by atoms with Crippen LogP contribution in [0, 0.1) is 0 Å². The van der Waals surface area contributed by atoms with Crippen LogP contribution in [0.3, 0.4) is 0 Å². The molecule has 0 saturated carbocycles. The van der Waals surface area contributed by atoms with Crippen molar-refractivity contribution in [1.29, 1.82) is 0 Å². The standard InChI is InChI=1S/C29H25ClN2O2/c1-31-28-16-13-23(30)18-27(28)29(21-11-14-25(34)15-12-21)32-24(19-33)17-22-9-5-6-10-26(22)20-7-3-2-4-8-20/h2-16,18-19,24,31,34H,17H2,1H3. The molecule has 0 radical (unpaired) electrons. The largest absolute Gasteiger partial charge is 0.508 e. The first-order chi connectivity index (χ1) is 16.6. The van der Waals surface area contributed by atoms with Crippen LogP contribution < -0.4 is 5.32 Å². The summed E-state index contributed by atoms with van der Waals surface area (Å²) in [7, 11) is 1.83. The van der Waals surface area contributed by atoms with E-state index in [2.05, 4.69) is 23.5 Å². The van der Waals surface area contributed by atoms with Crippen LogP contribution >= 0.6 is 11.6 Å². The molecule has 34 heavy (non-hydrogen) atoms. The Hall–Kier alpha value is -3.89. The Morgan fingerprint density at radius 3 is 2.38 bits per heavy atom. The van der Waals surface area contributed by atoms with Gasteiger partial charge in [-0.05, 0) is 59.2 Å². The number of phenols is 1. The van der Waals surface area contributed by atoms with Crippen LogP contribution in [0.2, 0.25) is 5.02 Å². The molecular formula is C29H25ClN2O2. The van der Waals surface area contributed by atoms with Crippen molar-refractivity contribution in [2.75, 3.05) is 12.4 Å². The van der Waals surface area contributed by atoms with Crippen molar-refractivity contribution in [3.63, 3.8) is 0 Å². The average Bonchev–Trinajstić information content (AvgIpc) is 2.88. The average molecular weight is 469 g/mol. The molecule has 4 aromatic rings.